The quantitative estimate of drug-likeness (QED) is 0.733. The fourth-order valence-corrected chi connectivity index (χ4v) is 2.46. The number of nitrogens with two attached hydrogens (primary N) is 1. The predicted octanol–water partition coefficient (Wildman–Crippen LogP) is 3.38. The molecule has 0 fully saturated rings. The number of rotatable bonds is 7. The van der Waals surface area contributed by atoms with Gasteiger partial charge in [-0.05, 0) is 66.1 Å². The maximum Gasteiger partial charge on any atom is 0.224 e. The number of amides is 1. The van der Waals surface area contributed by atoms with E-state index in [4.69, 9.17) is 5.73 Å². The standard InChI is InChI=1S/C14H21IN2O/c1-2-11(8-9-16)6-7-14(18)17-13-5-3-4-12(15)10-13/h3-5,10-11H,2,6-9,16H2,1H3,(H,17,18). The van der Waals surface area contributed by atoms with Crippen molar-refractivity contribution in [2.24, 2.45) is 11.7 Å². The van der Waals surface area contributed by atoms with Crippen LogP contribution in [0.1, 0.15) is 32.6 Å². The van der Waals surface area contributed by atoms with Crippen LogP contribution < -0.4 is 11.1 Å². The first kappa shape index (κ1) is 15.4. The third-order valence-electron chi connectivity index (χ3n) is 3.04. The molecular weight excluding hydrogens is 339 g/mol. The third-order valence-corrected chi connectivity index (χ3v) is 3.71. The van der Waals surface area contributed by atoms with E-state index in [9.17, 15) is 4.79 Å². The van der Waals surface area contributed by atoms with Crippen molar-refractivity contribution in [2.45, 2.75) is 32.6 Å². The molecule has 3 nitrogen and oxygen atoms in total. The molecule has 3 N–H and O–H groups in total. The Labute approximate surface area is 123 Å². The zero-order valence-corrected chi connectivity index (χ0v) is 12.9. The van der Waals surface area contributed by atoms with Gasteiger partial charge in [-0.2, -0.15) is 0 Å². The normalized spacial score (nSPS) is 12.2. The van der Waals surface area contributed by atoms with Crippen molar-refractivity contribution in [2.75, 3.05) is 11.9 Å². The summed E-state index contributed by atoms with van der Waals surface area (Å²) < 4.78 is 1.12. The van der Waals surface area contributed by atoms with Crippen molar-refractivity contribution in [3.63, 3.8) is 0 Å². The summed E-state index contributed by atoms with van der Waals surface area (Å²) in [4.78, 5) is 11.8. The van der Waals surface area contributed by atoms with E-state index in [0.29, 0.717) is 18.9 Å². The lowest BCUT2D eigenvalue weighted by molar-refractivity contribution is -0.116. The highest BCUT2D eigenvalue weighted by atomic mass is 127. The predicted molar refractivity (Wildman–Crippen MR) is 84.5 cm³/mol. The van der Waals surface area contributed by atoms with Crippen LogP contribution in [0.2, 0.25) is 0 Å². The lowest BCUT2D eigenvalue weighted by Gasteiger charge is -2.13. The molecule has 0 aromatic heterocycles. The van der Waals surface area contributed by atoms with Crippen molar-refractivity contribution >= 4 is 34.2 Å². The molecule has 100 valence electrons. The van der Waals surface area contributed by atoms with Crippen LogP contribution in [0.3, 0.4) is 0 Å². The van der Waals surface area contributed by atoms with Crippen LogP contribution in [-0.4, -0.2) is 12.5 Å². The molecular formula is C14H21IN2O. The molecule has 0 radical (unpaired) electrons. The summed E-state index contributed by atoms with van der Waals surface area (Å²) >= 11 is 2.24. The second-order valence-corrected chi connectivity index (χ2v) is 5.69. The van der Waals surface area contributed by atoms with Crippen LogP contribution in [0.15, 0.2) is 24.3 Å². The van der Waals surface area contributed by atoms with Gasteiger partial charge in [-0.15, -0.1) is 0 Å². The van der Waals surface area contributed by atoms with Crippen LogP contribution in [0.25, 0.3) is 0 Å². The number of nitrogens with one attached hydrogen (secondary N) is 1. The Kier molecular flexibility index (Phi) is 7.27. The van der Waals surface area contributed by atoms with Gasteiger partial charge in [-0.3, -0.25) is 4.79 Å². The molecule has 1 atom stereocenters. The first-order chi connectivity index (χ1) is 8.65. The van der Waals surface area contributed by atoms with Crippen LogP contribution in [0, 0.1) is 9.49 Å². The first-order valence-corrected chi connectivity index (χ1v) is 7.49. The van der Waals surface area contributed by atoms with Gasteiger partial charge in [0, 0.05) is 15.7 Å². The fraction of sp³-hybridized carbons (Fsp3) is 0.500. The number of carbonyl (C=O) groups excluding carboxylic acids is 1. The SMILES string of the molecule is CCC(CCN)CCC(=O)Nc1cccc(I)c1. The average Bonchev–Trinajstić information content (AvgIpc) is 2.34. The minimum absolute atomic E-state index is 0.0903. The van der Waals surface area contributed by atoms with E-state index in [2.05, 4.69) is 34.8 Å². The zero-order chi connectivity index (χ0) is 13.4. The molecule has 4 heteroatoms. The zero-order valence-electron chi connectivity index (χ0n) is 10.8. The highest BCUT2D eigenvalue weighted by molar-refractivity contribution is 14.1. The van der Waals surface area contributed by atoms with Crippen molar-refractivity contribution in [1.82, 2.24) is 0 Å². The third kappa shape index (κ3) is 5.82. The molecule has 1 aromatic rings. The largest absolute Gasteiger partial charge is 0.330 e. The van der Waals surface area contributed by atoms with E-state index in [1.165, 1.54) is 0 Å². The molecule has 0 heterocycles. The average molecular weight is 360 g/mol. The van der Waals surface area contributed by atoms with Crippen LogP contribution in [0.4, 0.5) is 5.69 Å². The fourth-order valence-electron chi connectivity index (χ4n) is 1.91. The van der Waals surface area contributed by atoms with E-state index < -0.39 is 0 Å². The van der Waals surface area contributed by atoms with Crippen LogP contribution >= 0.6 is 22.6 Å². The van der Waals surface area contributed by atoms with E-state index >= 15 is 0 Å². The Morgan fingerprint density at radius 2 is 2.22 bits per heavy atom. The van der Waals surface area contributed by atoms with Crippen LogP contribution in [-0.2, 0) is 4.79 Å². The van der Waals surface area contributed by atoms with Crippen molar-refractivity contribution < 1.29 is 4.79 Å². The summed E-state index contributed by atoms with van der Waals surface area (Å²) in [5.41, 5.74) is 6.42. The summed E-state index contributed by atoms with van der Waals surface area (Å²) in [6.07, 6.45) is 3.59. The Morgan fingerprint density at radius 1 is 1.44 bits per heavy atom. The molecule has 0 aliphatic carbocycles. The second kappa shape index (κ2) is 8.48. The summed E-state index contributed by atoms with van der Waals surface area (Å²) in [6.45, 7) is 2.86. The topological polar surface area (TPSA) is 55.1 Å². The highest BCUT2D eigenvalue weighted by Gasteiger charge is 2.09. The number of halogens is 1. The molecule has 0 saturated heterocycles. The Bertz CT molecular complexity index is 382. The Morgan fingerprint density at radius 3 is 2.83 bits per heavy atom. The van der Waals surface area contributed by atoms with E-state index in [-0.39, 0.29) is 5.91 Å². The molecule has 0 aliphatic heterocycles. The van der Waals surface area contributed by atoms with Gasteiger partial charge in [-0.1, -0.05) is 19.4 Å². The summed E-state index contributed by atoms with van der Waals surface area (Å²) in [6, 6.07) is 7.83. The number of carbonyl (C=O) groups is 1. The van der Waals surface area contributed by atoms with Crippen molar-refractivity contribution in [3.8, 4) is 0 Å². The van der Waals surface area contributed by atoms with E-state index in [1.807, 2.05) is 24.3 Å². The van der Waals surface area contributed by atoms with Crippen LogP contribution in [0.5, 0.6) is 0 Å². The van der Waals surface area contributed by atoms with Crippen molar-refractivity contribution in [3.05, 3.63) is 27.8 Å². The van der Waals surface area contributed by atoms with Crippen molar-refractivity contribution in [1.29, 1.82) is 0 Å². The number of hydrogen-bond acceptors (Lipinski definition) is 2. The van der Waals surface area contributed by atoms with Gasteiger partial charge in [-0.25, -0.2) is 0 Å². The molecule has 1 unspecified atom stereocenters. The smallest absolute Gasteiger partial charge is 0.224 e. The number of hydrogen-bond donors (Lipinski definition) is 2. The minimum Gasteiger partial charge on any atom is -0.330 e. The Hall–Kier alpha value is -0.620. The minimum atomic E-state index is 0.0903. The van der Waals surface area contributed by atoms with Gasteiger partial charge in [0.25, 0.3) is 0 Å². The maximum absolute atomic E-state index is 11.8. The van der Waals surface area contributed by atoms with Gasteiger partial charge >= 0.3 is 0 Å². The highest BCUT2D eigenvalue weighted by Crippen LogP contribution is 2.16. The van der Waals surface area contributed by atoms with E-state index in [1.54, 1.807) is 0 Å². The van der Waals surface area contributed by atoms with Gasteiger partial charge in [0.2, 0.25) is 5.91 Å². The summed E-state index contributed by atoms with van der Waals surface area (Å²) in [5.74, 6) is 0.657. The molecule has 18 heavy (non-hydrogen) atoms. The van der Waals surface area contributed by atoms with Gasteiger partial charge < -0.3 is 11.1 Å². The Balaban J connectivity index is 2.37. The number of benzene rings is 1. The molecule has 1 rings (SSSR count). The van der Waals surface area contributed by atoms with Gasteiger partial charge in [0.05, 0.1) is 0 Å². The molecule has 0 bridgehead atoms. The maximum atomic E-state index is 11.8. The summed E-state index contributed by atoms with van der Waals surface area (Å²) in [5, 5.41) is 2.93. The van der Waals surface area contributed by atoms with E-state index in [0.717, 1.165) is 28.5 Å². The molecule has 0 spiro atoms. The number of anilines is 1. The van der Waals surface area contributed by atoms with Gasteiger partial charge in [0.15, 0.2) is 0 Å². The molecule has 0 aliphatic rings. The summed E-state index contributed by atoms with van der Waals surface area (Å²) in [7, 11) is 0. The van der Waals surface area contributed by atoms with Gasteiger partial charge in [0.1, 0.15) is 0 Å². The molecule has 1 aromatic carbocycles. The lowest BCUT2D eigenvalue weighted by Crippen LogP contribution is -2.15. The second-order valence-electron chi connectivity index (χ2n) is 4.45. The first-order valence-electron chi connectivity index (χ1n) is 6.41. The molecule has 0 saturated carbocycles. The monoisotopic (exact) mass is 360 g/mol. The lowest BCUT2D eigenvalue weighted by atomic mass is 9.96. The molecule has 1 amide bonds.